The van der Waals surface area contributed by atoms with Gasteiger partial charge in [0.2, 0.25) is 5.91 Å². The number of nitrogens with zero attached hydrogens (tertiary/aromatic N) is 2. The lowest BCUT2D eigenvalue weighted by Crippen LogP contribution is -2.48. The third kappa shape index (κ3) is 8.88. The Kier molecular flexibility index (Phi) is 11.5. The van der Waals surface area contributed by atoms with Crippen molar-refractivity contribution in [2.75, 3.05) is 50.3 Å². The molecule has 3 aromatic rings. The van der Waals surface area contributed by atoms with Gasteiger partial charge in [-0.3, -0.25) is 9.69 Å². The number of piperazine rings is 1. The second-order valence-corrected chi connectivity index (χ2v) is 10.5. The van der Waals surface area contributed by atoms with Crippen LogP contribution >= 0.6 is 23.2 Å². The van der Waals surface area contributed by atoms with Gasteiger partial charge in [0, 0.05) is 37.8 Å². The van der Waals surface area contributed by atoms with Gasteiger partial charge in [-0.05, 0) is 66.9 Å². The maximum absolute atomic E-state index is 13.5. The molecule has 0 saturated carbocycles. The molecular weight excluding hydrogens is 545 g/mol. The summed E-state index contributed by atoms with van der Waals surface area (Å²) in [5.74, 6) is -0.601. The highest BCUT2D eigenvalue weighted by molar-refractivity contribution is 6.40. The van der Waals surface area contributed by atoms with Crippen LogP contribution in [0.25, 0.3) is 0 Å². The van der Waals surface area contributed by atoms with Crippen LogP contribution in [0.4, 0.5) is 20.2 Å². The summed E-state index contributed by atoms with van der Waals surface area (Å²) in [6.07, 6.45) is 2.91. The van der Waals surface area contributed by atoms with E-state index in [2.05, 4.69) is 15.1 Å². The lowest BCUT2D eigenvalue weighted by molar-refractivity contribution is -0.117. The number of carbonyl (C=O) groups excluding carboxylic acids is 1. The molecule has 4 rings (SSSR count). The fourth-order valence-corrected chi connectivity index (χ4v) is 5.46. The Morgan fingerprint density at radius 3 is 1.85 bits per heavy atom. The van der Waals surface area contributed by atoms with Crippen molar-refractivity contribution in [1.82, 2.24) is 9.80 Å². The number of unbranched alkanes of at least 4 members (excludes halogenated alkanes) is 1. The molecule has 3 aromatic carbocycles. The number of halogens is 4. The molecule has 0 aromatic heterocycles. The highest BCUT2D eigenvalue weighted by atomic mass is 35.5. The Labute approximate surface area is 238 Å². The summed E-state index contributed by atoms with van der Waals surface area (Å²) in [6, 6.07) is 16.3. The summed E-state index contributed by atoms with van der Waals surface area (Å²) in [6.45, 7) is 4.60. The maximum atomic E-state index is 13.5. The van der Waals surface area contributed by atoms with Crippen LogP contribution in [-0.4, -0.2) is 60.5 Å². The van der Waals surface area contributed by atoms with Crippen molar-refractivity contribution in [2.45, 2.75) is 25.2 Å². The number of hydrogen-bond donors (Lipinski definition) is 2. The van der Waals surface area contributed by atoms with E-state index in [1.807, 2.05) is 24.3 Å². The fourth-order valence-electron chi connectivity index (χ4n) is 4.87. The van der Waals surface area contributed by atoms with E-state index in [-0.39, 0.29) is 35.5 Å². The fraction of sp³-hybridized carbons (Fsp3) is 0.345. The molecule has 1 saturated heterocycles. The second kappa shape index (κ2) is 14.6. The first-order valence-corrected chi connectivity index (χ1v) is 13.5. The van der Waals surface area contributed by atoms with Gasteiger partial charge in [-0.15, -0.1) is 0 Å². The molecule has 1 heterocycles. The van der Waals surface area contributed by atoms with Crippen LogP contribution < -0.4 is 11.1 Å². The number of benzene rings is 3. The number of rotatable bonds is 10. The van der Waals surface area contributed by atoms with Gasteiger partial charge in [0.1, 0.15) is 11.6 Å². The van der Waals surface area contributed by atoms with Gasteiger partial charge >= 0.3 is 0 Å². The largest absolute Gasteiger partial charge is 0.412 e. The minimum atomic E-state index is -0.263. The van der Waals surface area contributed by atoms with Crippen molar-refractivity contribution < 1.29 is 19.1 Å². The van der Waals surface area contributed by atoms with Crippen LogP contribution in [0.5, 0.6) is 0 Å². The minimum absolute atomic E-state index is 0. The van der Waals surface area contributed by atoms with Gasteiger partial charge in [-0.1, -0.05) is 53.9 Å². The predicted molar refractivity (Wildman–Crippen MR) is 154 cm³/mol. The van der Waals surface area contributed by atoms with Gasteiger partial charge < -0.3 is 21.4 Å². The monoisotopic (exact) mass is 578 g/mol. The number of anilines is 2. The lowest BCUT2D eigenvalue weighted by atomic mass is 9.87. The zero-order chi connectivity index (χ0) is 27.1. The van der Waals surface area contributed by atoms with Crippen molar-refractivity contribution in [2.24, 2.45) is 0 Å². The molecular formula is C29H34Cl2F2N4O2. The molecule has 1 aliphatic heterocycles. The Morgan fingerprint density at radius 1 is 0.846 bits per heavy atom. The molecule has 1 amide bonds. The Bertz CT molecular complexity index is 1150. The summed E-state index contributed by atoms with van der Waals surface area (Å²) in [4.78, 5) is 17.1. The molecule has 39 heavy (non-hydrogen) atoms. The molecule has 10 heteroatoms. The molecule has 0 bridgehead atoms. The first kappa shape index (κ1) is 30.8. The average molecular weight is 580 g/mol. The van der Waals surface area contributed by atoms with Crippen molar-refractivity contribution in [1.29, 1.82) is 0 Å². The van der Waals surface area contributed by atoms with E-state index >= 15 is 0 Å². The average Bonchev–Trinajstić information content (AvgIpc) is 2.89. The van der Waals surface area contributed by atoms with Crippen molar-refractivity contribution >= 4 is 40.5 Å². The second-order valence-electron chi connectivity index (χ2n) is 9.68. The number of hydrogen-bond acceptors (Lipinski definition) is 4. The normalized spacial score (nSPS) is 14.3. The molecule has 0 unspecified atom stereocenters. The Hall–Kier alpha value is -2.75. The summed E-state index contributed by atoms with van der Waals surface area (Å²) in [5.41, 5.74) is 8.61. The smallest absolute Gasteiger partial charge is 0.238 e. The third-order valence-electron chi connectivity index (χ3n) is 6.92. The van der Waals surface area contributed by atoms with Gasteiger partial charge in [-0.25, -0.2) is 8.78 Å². The molecule has 0 spiro atoms. The van der Waals surface area contributed by atoms with Gasteiger partial charge in [0.15, 0.2) is 0 Å². The van der Waals surface area contributed by atoms with E-state index < -0.39 is 0 Å². The van der Waals surface area contributed by atoms with E-state index in [4.69, 9.17) is 28.9 Å². The first-order valence-electron chi connectivity index (χ1n) is 12.8. The topological polar surface area (TPSA) is 93.1 Å². The first-order chi connectivity index (χ1) is 18.3. The standard InChI is InChI=1S/C29H32Cl2F2N4O.H2O/c30-26-17-24(34)18-27(31)29(26)35-28(38)19-37-15-13-36(14-16-37)12-2-1-3-25(20-4-8-22(32)9-5-20)21-6-10-23(33)11-7-21;/h4-11,17-18,25H,1-3,12-16,19,34H2,(H,35,38);1H2. The SMILES string of the molecule is Nc1cc(Cl)c(NC(=O)CN2CCN(CCCCC(c3ccc(F)cc3)c3ccc(F)cc3)CC2)c(Cl)c1.O. The van der Waals surface area contributed by atoms with E-state index in [0.29, 0.717) is 21.4 Å². The summed E-state index contributed by atoms with van der Waals surface area (Å²) in [7, 11) is 0. The summed E-state index contributed by atoms with van der Waals surface area (Å²) >= 11 is 12.3. The van der Waals surface area contributed by atoms with E-state index in [1.54, 1.807) is 12.1 Å². The molecule has 1 aliphatic rings. The number of nitrogen functional groups attached to an aromatic ring is 1. The van der Waals surface area contributed by atoms with Crippen LogP contribution in [-0.2, 0) is 4.79 Å². The van der Waals surface area contributed by atoms with Crippen LogP contribution in [0.2, 0.25) is 10.0 Å². The molecule has 5 N–H and O–H groups in total. The molecule has 0 radical (unpaired) electrons. The molecule has 1 fully saturated rings. The van der Waals surface area contributed by atoms with Crippen LogP contribution in [0.3, 0.4) is 0 Å². The van der Waals surface area contributed by atoms with E-state index in [0.717, 1.165) is 63.1 Å². The molecule has 210 valence electrons. The number of carbonyl (C=O) groups is 1. The quantitative estimate of drug-likeness (QED) is 0.242. The van der Waals surface area contributed by atoms with Crippen molar-refractivity contribution in [3.05, 3.63) is 93.5 Å². The predicted octanol–water partition coefficient (Wildman–Crippen LogP) is 5.59. The van der Waals surface area contributed by atoms with E-state index in [9.17, 15) is 13.6 Å². The zero-order valence-electron chi connectivity index (χ0n) is 21.6. The number of nitrogens with one attached hydrogen (secondary N) is 1. The lowest BCUT2D eigenvalue weighted by Gasteiger charge is -2.34. The van der Waals surface area contributed by atoms with E-state index in [1.165, 1.54) is 24.3 Å². The Balaban J connectivity index is 0.00000420. The van der Waals surface area contributed by atoms with Gasteiger partial charge in [0.05, 0.1) is 22.3 Å². The van der Waals surface area contributed by atoms with Gasteiger partial charge in [0.25, 0.3) is 0 Å². The third-order valence-corrected chi connectivity index (χ3v) is 7.52. The maximum Gasteiger partial charge on any atom is 0.238 e. The highest BCUT2D eigenvalue weighted by Gasteiger charge is 2.20. The van der Waals surface area contributed by atoms with Crippen molar-refractivity contribution in [3.63, 3.8) is 0 Å². The number of amides is 1. The molecule has 0 atom stereocenters. The van der Waals surface area contributed by atoms with Crippen LogP contribution in [0.1, 0.15) is 36.3 Å². The minimum Gasteiger partial charge on any atom is -0.412 e. The summed E-state index contributed by atoms with van der Waals surface area (Å²) < 4.78 is 26.9. The van der Waals surface area contributed by atoms with Gasteiger partial charge in [-0.2, -0.15) is 0 Å². The van der Waals surface area contributed by atoms with Crippen LogP contribution in [0, 0.1) is 11.6 Å². The molecule has 0 aliphatic carbocycles. The Morgan fingerprint density at radius 2 is 1.33 bits per heavy atom. The number of nitrogens with two attached hydrogens (primary N) is 1. The molecule has 6 nitrogen and oxygen atoms in total. The van der Waals surface area contributed by atoms with Crippen molar-refractivity contribution in [3.8, 4) is 0 Å². The zero-order valence-corrected chi connectivity index (χ0v) is 23.1. The summed E-state index contributed by atoms with van der Waals surface area (Å²) in [5, 5.41) is 3.42. The highest BCUT2D eigenvalue weighted by Crippen LogP contribution is 2.33. The van der Waals surface area contributed by atoms with Crippen LogP contribution in [0.15, 0.2) is 60.7 Å².